The minimum absolute atomic E-state index is 0.0491. The zero-order chi connectivity index (χ0) is 20.4. The van der Waals surface area contributed by atoms with Crippen molar-refractivity contribution in [3.8, 4) is 0 Å². The van der Waals surface area contributed by atoms with Crippen molar-refractivity contribution >= 4 is 38.8 Å². The highest BCUT2D eigenvalue weighted by Gasteiger charge is 2.23. The number of hydrogen-bond acceptors (Lipinski definition) is 6. The van der Waals surface area contributed by atoms with Crippen LogP contribution in [-0.4, -0.2) is 28.5 Å². The predicted octanol–water partition coefficient (Wildman–Crippen LogP) is 3.38. The number of hydrogen-bond donors (Lipinski definition) is 1. The molecule has 150 valence electrons. The zero-order valence-electron chi connectivity index (χ0n) is 16.0. The third kappa shape index (κ3) is 3.86. The lowest BCUT2D eigenvalue weighted by Crippen LogP contribution is -2.30. The average molecular weight is 411 g/mol. The number of aromatic nitrogens is 1. The van der Waals surface area contributed by atoms with Crippen LogP contribution in [-0.2, 0) is 7.05 Å². The van der Waals surface area contributed by atoms with Crippen molar-refractivity contribution in [3.63, 3.8) is 0 Å². The second kappa shape index (κ2) is 8.04. The number of fused-ring (bicyclic) bond motifs is 1. The van der Waals surface area contributed by atoms with Gasteiger partial charge in [0.25, 0.3) is 11.6 Å². The fourth-order valence-corrected chi connectivity index (χ4v) is 4.54. The number of nitrogens with one attached hydrogen (secondary N) is 1. The Bertz CT molecular complexity index is 1140. The number of rotatable bonds is 4. The smallest absolute Gasteiger partial charge is 0.293 e. The summed E-state index contributed by atoms with van der Waals surface area (Å²) in [7, 11) is 1.88. The van der Waals surface area contributed by atoms with Crippen LogP contribution >= 0.6 is 11.3 Å². The third-order valence-corrected chi connectivity index (χ3v) is 6.21. The van der Waals surface area contributed by atoms with Crippen molar-refractivity contribution in [3.05, 3.63) is 62.9 Å². The average Bonchev–Trinajstić information content (AvgIpc) is 3.08. The van der Waals surface area contributed by atoms with Gasteiger partial charge in [0.1, 0.15) is 5.69 Å². The van der Waals surface area contributed by atoms with E-state index in [4.69, 9.17) is 0 Å². The molecule has 3 aromatic rings. The Kier molecular flexibility index (Phi) is 5.30. The molecule has 1 fully saturated rings. The normalized spacial score (nSPS) is 14.9. The number of amides is 1. The number of para-hydroxylation sites is 1. The second-order valence-corrected chi connectivity index (χ2v) is 7.98. The molecule has 1 amide bonds. The van der Waals surface area contributed by atoms with E-state index >= 15 is 0 Å². The summed E-state index contributed by atoms with van der Waals surface area (Å²) in [6.45, 7) is 1.59. The quantitative estimate of drug-likeness (QED) is 0.526. The molecule has 8 nitrogen and oxygen atoms in total. The summed E-state index contributed by atoms with van der Waals surface area (Å²) >= 11 is 1.46. The molecule has 29 heavy (non-hydrogen) atoms. The molecular weight excluding hydrogens is 390 g/mol. The summed E-state index contributed by atoms with van der Waals surface area (Å²) in [5, 5.41) is 15.8. The first-order valence-corrected chi connectivity index (χ1v) is 10.3. The van der Waals surface area contributed by atoms with Crippen LogP contribution in [0.15, 0.2) is 47.6 Å². The van der Waals surface area contributed by atoms with Gasteiger partial charge in [-0.1, -0.05) is 23.5 Å². The van der Waals surface area contributed by atoms with Crippen LogP contribution in [0.3, 0.4) is 0 Å². The topological polar surface area (TPSA) is 92.8 Å². The van der Waals surface area contributed by atoms with Gasteiger partial charge >= 0.3 is 0 Å². The lowest BCUT2D eigenvalue weighted by molar-refractivity contribution is -0.384. The maximum atomic E-state index is 12.6. The molecule has 0 bridgehead atoms. The molecule has 0 atom stereocenters. The van der Waals surface area contributed by atoms with Crippen molar-refractivity contribution < 1.29 is 9.72 Å². The van der Waals surface area contributed by atoms with Crippen molar-refractivity contribution in [1.29, 1.82) is 0 Å². The number of nitro groups is 1. The largest absolute Gasteiger partial charge is 0.366 e. The molecule has 9 heteroatoms. The van der Waals surface area contributed by atoms with Gasteiger partial charge in [-0.3, -0.25) is 14.9 Å². The maximum absolute atomic E-state index is 12.6. The van der Waals surface area contributed by atoms with Gasteiger partial charge in [-0.05, 0) is 43.5 Å². The molecule has 2 aromatic carbocycles. The highest BCUT2D eigenvalue weighted by atomic mass is 32.1. The lowest BCUT2D eigenvalue weighted by Gasteiger charge is -2.28. The van der Waals surface area contributed by atoms with E-state index in [1.165, 1.54) is 17.4 Å². The van der Waals surface area contributed by atoms with Crippen LogP contribution in [0, 0.1) is 10.1 Å². The van der Waals surface area contributed by atoms with Gasteiger partial charge in [0.15, 0.2) is 0 Å². The molecule has 0 aliphatic carbocycles. The van der Waals surface area contributed by atoms with E-state index in [2.05, 4.69) is 10.5 Å². The Morgan fingerprint density at radius 2 is 1.93 bits per heavy atom. The summed E-state index contributed by atoms with van der Waals surface area (Å²) in [5.74, 6) is -0.476. The first-order valence-electron chi connectivity index (χ1n) is 9.46. The maximum Gasteiger partial charge on any atom is 0.293 e. The van der Waals surface area contributed by atoms with Crippen LogP contribution in [0.5, 0.6) is 0 Å². The minimum atomic E-state index is -0.476. The van der Waals surface area contributed by atoms with Crippen LogP contribution in [0.2, 0.25) is 0 Å². The van der Waals surface area contributed by atoms with Crippen LogP contribution in [0.25, 0.3) is 10.2 Å². The van der Waals surface area contributed by atoms with E-state index in [-0.39, 0.29) is 11.3 Å². The van der Waals surface area contributed by atoms with E-state index in [1.54, 1.807) is 12.1 Å². The van der Waals surface area contributed by atoms with Gasteiger partial charge in [-0.25, -0.2) is 5.43 Å². The first kappa shape index (κ1) is 19.1. The van der Waals surface area contributed by atoms with E-state index in [0.717, 1.165) is 42.6 Å². The van der Waals surface area contributed by atoms with Gasteiger partial charge in [-0.15, -0.1) is 5.10 Å². The predicted molar refractivity (Wildman–Crippen MR) is 113 cm³/mol. The van der Waals surface area contributed by atoms with Gasteiger partial charge in [0, 0.05) is 31.8 Å². The third-order valence-electron chi connectivity index (χ3n) is 5.10. The number of nitro benzene ring substituents is 1. The highest BCUT2D eigenvalue weighted by molar-refractivity contribution is 7.16. The van der Waals surface area contributed by atoms with Crippen LogP contribution in [0.4, 0.5) is 11.4 Å². The monoisotopic (exact) mass is 411 g/mol. The number of carbonyl (C=O) groups excluding carboxylic acids is 1. The Hall–Kier alpha value is -3.20. The Morgan fingerprint density at radius 1 is 1.17 bits per heavy atom. The molecule has 0 saturated carbocycles. The van der Waals surface area contributed by atoms with E-state index in [1.807, 2.05) is 40.8 Å². The van der Waals surface area contributed by atoms with E-state index in [0.29, 0.717) is 10.5 Å². The van der Waals surface area contributed by atoms with E-state index in [9.17, 15) is 14.9 Å². The Labute approximate surface area is 171 Å². The van der Waals surface area contributed by atoms with Crippen molar-refractivity contribution in [2.45, 2.75) is 19.3 Å². The Balaban J connectivity index is 1.60. The molecule has 0 radical (unpaired) electrons. The second-order valence-electron chi connectivity index (χ2n) is 6.97. The lowest BCUT2D eigenvalue weighted by atomic mass is 10.1. The minimum Gasteiger partial charge on any atom is -0.366 e. The molecule has 1 saturated heterocycles. The standard InChI is InChI=1S/C20H21N5O3S/c1-23-16-7-3-4-8-18(16)29-20(23)22-21-19(26)14-9-10-15(17(13-14)25(27)28)24-11-5-2-6-12-24/h3-4,7-10,13H,2,5-6,11-12H2,1H3,(H,21,26)/b22-20+. The van der Waals surface area contributed by atoms with Crippen molar-refractivity contribution in [2.75, 3.05) is 18.0 Å². The molecular formula is C20H21N5O3S. The van der Waals surface area contributed by atoms with Crippen LogP contribution < -0.4 is 15.1 Å². The number of nitrogens with zero attached hydrogens (tertiary/aromatic N) is 4. The van der Waals surface area contributed by atoms with Crippen LogP contribution in [0.1, 0.15) is 29.6 Å². The van der Waals surface area contributed by atoms with Crippen molar-refractivity contribution in [1.82, 2.24) is 9.99 Å². The summed E-state index contributed by atoms with van der Waals surface area (Å²) in [6, 6.07) is 12.5. The number of anilines is 1. The molecule has 1 aliphatic heterocycles. The molecule has 0 spiro atoms. The molecule has 1 aliphatic rings. The van der Waals surface area contributed by atoms with Gasteiger partial charge in [-0.2, -0.15) is 0 Å². The van der Waals surface area contributed by atoms with Gasteiger partial charge in [0.2, 0.25) is 4.80 Å². The fraction of sp³-hybridized carbons (Fsp3) is 0.300. The molecule has 0 unspecified atom stereocenters. The highest BCUT2D eigenvalue weighted by Crippen LogP contribution is 2.31. The van der Waals surface area contributed by atoms with Gasteiger partial charge < -0.3 is 9.47 Å². The first-order chi connectivity index (χ1) is 14.0. The summed E-state index contributed by atoms with van der Waals surface area (Å²) in [5.41, 5.74) is 4.27. The summed E-state index contributed by atoms with van der Waals surface area (Å²) in [4.78, 5) is 26.4. The summed E-state index contributed by atoms with van der Waals surface area (Å²) in [6.07, 6.45) is 3.18. The number of aryl methyl sites for hydroxylation is 1. The zero-order valence-corrected chi connectivity index (χ0v) is 16.8. The number of benzene rings is 2. The molecule has 1 aromatic heterocycles. The Morgan fingerprint density at radius 3 is 2.66 bits per heavy atom. The number of thiazole rings is 1. The van der Waals surface area contributed by atoms with Gasteiger partial charge in [0.05, 0.1) is 15.1 Å². The SMILES string of the molecule is Cn1/c(=N\NC(=O)c2ccc(N3CCCCC3)c([N+](=O)[O-])c2)sc2ccccc21. The number of carbonyl (C=O) groups is 1. The van der Waals surface area contributed by atoms with Crippen molar-refractivity contribution in [2.24, 2.45) is 12.1 Å². The van der Waals surface area contributed by atoms with E-state index < -0.39 is 10.8 Å². The fourth-order valence-electron chi connectivity index (χ4n) is 3.56. The number of piperidine rings is 1. The summed E-state index contributed by atoms with van der Waals surface area (Å²) < 4.78 is 2.95. The molecule has 4 rings (SSSR count). The molecule has 1 N–H and O–H groups in total. The molecule has 2 heterocycles.